The van der Waals surface area contributed by atoms with Gasteiger partial charge in [0.15, 0.2) is 11.6 Å². The van der Waals surface area contributed by atoms with Crippen LogP contribution >= 0.6 is 0 Å². The normalized spacial score (nSPS) is 10.2. The van der Waals surface area contributed by atoms with E-state index in [4.69, 9.17) is 0 Å². The van der Waals surface area contributed by atoms with E-state index in [0.29, 0.717) is 5.69 Å². The van der Waals surface area contributed by atoms with Crippen LogP contribution < -0.4 is 10.2 Å². The van der Waals surface area contributed by atoms with Crippen LogP contribution in [-0.2, 0) is 4.79 Å². The number of carbonyl (C=O) groups excluding carboxylic acids is 1. The number of hydrogen-bond donors (Lipinski definition) is 1. The highest BCUT2D eigenvalue weighted by Gasteiger charge is 2.10. The molecule has 5 heteroatoms. The molecule has 0 aliphatic heterocycles. The van der Waals surface area contributed by atoms with Crippen molar-refractivity contribution in [3.05, 3.63) is 60.2 Å². The smallest absolute Gasteiger partial charge is 0.246 e. The Balaban J connectivity index is 1.96. The molecule has 0 unspecified atom stereocenters. The Labute approximate surface area is 115 Å². The number of anilines is 2. The molecule has 0 aromatic heterocycles. The van der Waals surface area contributed by atoms with E-state index in [1.54, 1.807) is 7.05 Å². The van der Waals surface area contributed by atoms with Crippen LogP contribution in [-0.4, -0.2) is 19.5 Å². The summed E-state index contributed by atoms with van der Waals surface area (Å²) >= 11 is 0. The van der Waals surface area contributed by atoms with E-state index in [2.05, 4.69) is 5.32 Å². The molecule has 20 heavy (non-hydrogen) atoms. The number of likely N-dealkylation sites (N-methyl/N-ethyl adjacent to an activating group) is 1. The molecule has 0 bridgehead atoms. The summed E-state index contributed by atoms with van der Waals surface area (Å²) in [5.74, 6) is -2.04. The molecule has 2 rings (SSSR count). The molecule has 0 atom stereocenters. The number of halogens is 2. The quantitative estimate of drug-likeness (QED) is 0.931. The molecule has 1 N–H and O–H groups in total. The van der Waals surface area contributed by atoms with E-state index in [0.717, 1.165) is 17.8 Å². The van der Waals surface area contributed by atoms with Crippen LogP contribution in [0.15, 0.2) is 48.5 Å². The Morgan fingerprint density at radius 2 is 1.80 bits per heavy atom. The third-order valence-corrected chi connectivity index (χ3v) is 2.88. The number of rotatable bonds is 4. The van der Waals surface area contributed by atoms with Gasteiger partial charge in [-0.3, -0.25) is 4.79 Å². The molecule has 1 amide bonds. The summed E-state index contributed by atoms with van der Waals surface area (Å²) in [6.45, 7) is -0.00351. The van der Waals surface area contributed by atoms with Gasteiger partial charge in [-0.25, -0.2) is 8.78 Å². The molecule has 104 valence electrons. The average molecular weight is 276 g/mol. The van der Waals surface area contributed by atoms with Crippen molar-refractivity contribution in [2.45, 2.75) is 0 Å². The Morgan fingerprint density at radius 3 is 2.45 bits per heavy atom. The van der Waals surface area contributed by atoms with Crippen molar-refractivity contribution >= 4 is 17.3 Å². The van der Waals surface area contributed by atoms with E-state index in [1.807, 2.05) is 30.3 Å². The van der Waals surface area contributed by atoms with Crippen LogP contribution in [0.3, 0.4) is 0 Å². The van der Waals surface area contributed by atoms with Crippen LogP contribution in [0.1, 0.15) is 0 Å². The van der Waals surface area contributed by atoms with Gasteiger partial charge in [0.05, 0.1) is 6.54 Å². The second-order valence-corrected chi connectivity index (χ2v) is 4.27. The molecular formula is C15H14F2N2O. The third-order valence-electron chi connectivity index (χ3n) is 2.88. The first-order valence-corrected chi connectivity index (χ1v) is 6.08. The highest BCUT2D eigenvalue weighted by Crippen LogP contribution is 2.14. The van der Waals surface area contributed by atoms with Crippen LogP contribution in [0.5, 0.6) is 0 Å². The summed E-state index contributed by atoms with van der Waals surface area (Å²) in [5, 5.41) is 2.77. The second kappa shape index (κ2) is 6.14. The van der Waals surface area contributed by atoms with Gasteiger partial charge in [-0.05, 0) is 24.3 Å². The number of benzene rings is 2. The predicted molar refractivity (Wildman–Crippen MR) is 74.7 cm³/mol. The molecule has 2 aromatic rings. The molecule has 0 fully saturated rings. The maximum absolute atomic E-state index is 13.0. The minimum atomic E-state index is -0.945. The molecule has 3 nitrogen and oxygen atoms in total. The van der Waals surface area contributed by atoms with Gasteiger partial charge >= 0.3 is 0 Å². The molecule has 0 saturated heterocycles. The van der Waals surface area contributed by atoms with Crippen LogP contribution in [0, 0.1) is 11.6 Å². The number of nitrogens with zero attached hydrogens (tertiary/aromatic N) is 1. The molecule has 0 aliphatic carbocycles. The van der Waals surface area contributed by atoms with Crippen LogP contribution in [0.2, 0.25) is 0 Å². The van der Waals surface area contributed by atoms with Crippen molar-refractivity contribution in [3.8, 4) is 0 Å². The van der Waals surface area contributed by atoms with Gasteiger partial charge in [-0.15, -0.1) is 0 Å². The highest BCUT2D eigenvalue weighted by molar-refractivity contribution is 5.95. The van der Waals surface area contributed by atoms with Crippen molar-refractivity contribution in [1.82, 2.24) is 0 Å². The first-order valence-electron chi connectivity index (χ1n) is 6.08. The summed E-state index contributed by atoms with van der Waals surface area (Å²) in [5.41, 5.74) is 1.13. The van der Waals surface area contributed by atoms with E-state index in [1.165, 1.54) is 11.0 Å². The zero-order valence-corrected chi connectivity index (χ0v) is 10.9. The lowest BCUT2D eigenvalue weighted by atomic mass is 10.3. The number of hydrogen-bond acceptors (Lipinski definition) is 2. The SMILES string of the molecule is CN(C(=O)CNc1ccc(F)c(F)c1)c1ccccc1. The lowest BCUT2D eigenvalue weighted by Crippen LogP contribution is -2.32. The van der Waals surface area contributed by atoms with Gasteiger partial charge in [-0.2, -0.15) is 0 Å². The van der Waals surface area contributed by atoms with Crippen LogP contribution in [0.25, 0.3) is 0 Å². The van der Waals surface area contributed by atoms with E-state index >= 15 is 0 Å². The fourth-order valence-corrected chi connectivity index (χ4v) is 1.70. The summed E-state index contributed by atoms with van der Waals surface area (Å²) in [7, 11) is 1.66. The first kappa shape index (κ1) is 14.0. The van der Waals surface area contributed by atoms with Gasteiger partial charge in [0, 0.05) is 24.5 Å². The molecular weight excluding hydrogens is 262 g/mol. The van der Waals surface area contributed by atoms with E-state index < -0.39 is 11.6 Å². The number of para-hydroxylation sites is 1. The third kappa shape index (κ3) is 3.32. The van der Waals surface area contributed by atoms with Crippen molar-refractivity contribution in [2.75, 3.05) is 23.8 Å². The zero-order chi connectivity index (χ0) is 14.5. The lowest BCUT2D eigenvalue weighted by Gasteiger charge is -2.17. The maximum atomic E-state index is 13.0. The Bertz CT molecular complexity index is 602. The monoisotopic (exact) mass is 276 g/mol. The fraction of sp³-hybridized carbons (Fsp3) is 0.133. The molecule has 0 spiro atoms. The zero-order valence-electron chi connectivity index (χ0n) is 10.9. The molecule has 0 radical (unpaired) electrons. The average Bonchev–Trinajstić information content (AvgIpc) is 2.48. The minimum absolute atomic E-state index is 0.00351. The maximum Gasteiger partial charge on any atom is 0.246 e. The van der Waals surface area contributed by atoms with Crippen molar-refractivity contribution in [2.24, 2.45) is 0 Å². The van der Waals surface area contributed by atoms with Gasteiger partial charge in [-0.1, -0.05) is 18.2 Å². The summed E-state index contributed by atoms with van der Waals surface area (Å²) in [4.78, 5) is 13.5. The topological polar surface area (TPSA) is 32.3 Å². The molecule has 0 aliphatic rings. The first-order chi connectivity index (χ1) is 9.58. The van der Waals surface area contributed by atoms with Crippen LogP contribution in [0.4, 0.5) is 20.2 Å². The van der Waals surface area contributed by atoms with Crippen molar-refractivity contribution < 1.29 is 13.6 Å². The summed E-state index contributed by atoms with van der Waals surface area (Å²) in [6.07, 6.45) is 0. The number of nitrogens with one attached hydrogen (secondary N) is 1. The van der Waals surface area contributed by atoms with Gasteiger partial charge in [0.25, 0.3) is 0 Å². The Kier molecular flexibility index (Phi) is 4.30. The second-order valence-electron chi connectivity index (χ2n) is 4.27. The minimum Gasteiger partial charge on any atom is -0.376 e. The fourth-order valence-electron chi connectivity index (χ4n) is 1.70. The van der Waals surface area contributed by atoms with Gasteiger partial charge < -0.3 is 10.2 Å². The molecule has 0 saturated carbocycles. The summed E-state index contributed by atoms with van der Waals surface area (Å²) < 4.78 is 25.8. The van der Waals surface area contributed by atoms with E-state index in [9.17, 15) is 13.6 Å². The highest BCUT2D eigenvalue weighted by atomic mass is 19.2. The molecule has 2 aromatic carbocycles. The predicted octanol–water partition coefficient (Wildman–Crippen LogP) is 3.04. The van der Waals surface area contributed by atoms with Gasteiger partial charge in [0.2, 0.25) is 5.91 Å². The van der Waals surface area contributed by atoms with Crippen molar-refractivity contribution in [3.63, 3.8) is 0 Å². The Hall–Kier alpha value is -2.43. The van der Waals surface area contributed by atoms with Crippen molar-refractivity contribution in [1.29, 1.82) is 0 Å². The largest absolute Gasteiger partial charge is 0.376 e. The Morgan fingerprint density at radius 1 is 1.10 bits per heavy atom. The standard InChI is InChI=1S/C15H14F2N2O/c1-19(12-5-3-2-4-6-12)15(20)10-18-11-7-8-13(16)14(17)9-11/h2-9,18H,10H2,1H3. The lowest BCUT2D eigenvalue weighted by molar-refractivity contribution is -0.116. The van der Waals surface area contributed by atoms with Gasteiger partial charge in [0.1, 0.15) is 0 Å². The number of carbonyl (C=O) groups is 1. The summed E-state index contributed by atoms with van der Waals surface area (Å²) in [6, 6.07) is 12.6. The van der Waals surface area contributed by atoms with E-state index in [-0.39, 0.29) is 12.5 Å². The molecule has 0 heterocycles. The number of amides is 1.